The van der Waals surface area contributed by atoms with Gasteiger partial charge in [-0.3, -0.25) is 9.78 Å². The summed E-state index contributed by atoms with van der Waals surface area (Å²) >= 11 is 0. The van der Waals surface area contributed by atoms with Gasteiger partial charge in [0.1, 0.15) is 5.82 Å². The fourth-order valence-electron chi connectivity index (χ4n) is 2.20. The van der Waals surface area contributed by atoms with Gasteiger partial charge >= 0.3 is 0 Å². The van der Waals surface area contributed by atoms with Gasteiger partial charge in [-0.05, 0) is 31.2 Å². The maximum Gasteiger partial charge on any atom is 0.255 e. The summed E-state index contributed by atoms with van der Waals surface area (Å²) in [6.45, 7) is 1.90. The van der Waals surface area contributed by atoms with Crippen molar-refractivity contribution in [2.24, 2.45) is 0 Å². The van der Waals surface area contributed by atoms with Crippen LogP contribution in [0.15, 0.2) is 48.7 Å². The van der Waals surface area contributed by atoms with Gasteiger partial charge in [-0.2, -0.15) is 0 Å². The molecule has 5 heteroatoms. The summed E-state index contributed by atoms with van der Waals surface area (Å²) in [5, 5.41) is 3.81. The largest absolute Gasteiger partial charge is 0.384 e. The highest BCUT2D eigenvalue weighted by molar-refractivity contribution is 6.08. The van der Waals surface area contributed by atoms with Crippen LogP contribution in [0.4, 0.5) is 11.5 Å². The second-order valence-electron chi connectivity index (χ2n) is 4.75. The molecule has 0 bridgehead atoms. The number of benzene rings is 1. The summed E-state index contributed by atoms with van der Waals surface area (Å²) in [7, 11) is 0. The SMILES string of the molecule is Cc1cc(NC(=O)c2ccnc(N)c2)c2ccccc2n1. The Bertz CT molecular complexity index is 829. The number of amides is 1. The van der Waals surface area contributed by atoms with Crippen molar-refractivity contribution < 1.29 is 4.79 Å². The van der Waals surface area contributed by atoms with E-state index in [1.165, 1.54) is 6.20 Å². The van der Waals surface area contributed by atoms with Crippen molar-refractivity contribution in [2.75, 3.05) is 11.1 Å². The van der Waals surface area contributed by atoms with Crippen LogP contribution in [-0.2, 0) is 0 Å². The van der Waals surface area contributed by atoms with E-state index < -0.39 is 0 Å². The van der Waals surface area contributed by atoms with E-state index in [1.54, 1.807) is 12.1 Å². The third-order valence-electron chi connectivity index (χ3n) is 3.14. The van der Waals surface area contributed by atoms with Crippen molar-refractivity contribution >= 4 is 28.3 Å². The molecule has 2 heterocycles. The Labute approximate surface area is 121 Å². The van der Waals surface area contributed by atoms with Crippen LogP contribution in [0.1, 0.15) is 16.1 Å². The van der Waals surface area contributed by atoms with E-state index in [2.05, 4.69) is 15.3 Å². The monoisotopic (exact) mass is 278 g/mol. The van der Waals surface area contributed by atoms with Crippen LogP contribution in [0.2, 0.25) is 0 Å². The van der Waals surface area contributed by atoms with Crippen LogP contribution < -0.4 is 11.1 Å². The van der Waals surface area contributed by atoms with Gasteiger partial charge in [0.05, 0.1) is 11.2 Å². The van der Waals surface area contributed by atoms with Gasteiger partial charge in [0.2, 0.25) is 0 Å². The number of aromatic nitrogens is 2. The number of rotatable bonds is 2. The normalized spacial score (nSPS) is 10.5. The maximum atomic E-state index is 12.3. The molecule has 0 radical (unpaired) electrons. The number of hydrogen-bond donors (Lipinski definition) is 2. The molecule has 0 aliphatic carbocycles. The van der Waals surface area contributed by atoms with Gasteiger partial charge in [-0.15, -0.1) is 0 Å². The van der Waals surface area contributed by atoms with E-state index in [0.717, 1.165) is 22.3 Å². The molecule has 0 fully saturated rings. The van der Waals surface area contributed by atoms with E-state index in [1.807, 2.05) is 37.3 Å². The molecule has 0 saturated carbocycles. The first-order valence-electron chi connectivity index (χ1n) is 6.53. The highest BCUT2D eigenvalue weighted by Gasteiger charge is 2.10. The van der Waals surface area contributed by atoms with Gasteiger partial charge in [0, 0.05) is 22.8 Å². The second kappa shape index (κ2) is 5.20. The Kier molecular flexibility index (Phi) is 3.23. The van der Waals surface area contributed by atoms with Crippen molar-refractivity contribution in [2.45, 2.75) is 6.92 Å². The number of carbonyl (C=O) groups is 1. The number of pyridine rings is 2. The fourth-order valence-corrected chi connectivity index (χ4v) is 2.20. The number of nitrogens with one attached hydrogen (secondary N) is 1. The number of nitrogens with two attached hydrogens (primary N) is 1. The van der Waals surface area contributed by atoms with Gasteiger partial charge < -0.3 is 11.1 Å². The van der Waals surface area contributed by atoms with Gasteiger partial charge in [0.15, 0.2) is 0 Å². The Balaban J connectivity index is 2.00. The Hall–Kier alpha value is -2.95. The number of nitrogen functional groups attached to an aromatic ring is 1. The Morgan fingerprint density at radius 1 is 1.19 bits per heavy atom. The predicted molar refractivity (Wildman–Crippen MR) is 83.1 cm³/mol. The summed E-state index contributed by atoms with van der Waals surface area (Å²) in [4.78, 5) is 20.6. The molecule has 0 unspecified atom stereocenters. The lowest BCUT2D eigenvalue weighted by Crippen LogP contribution is -2.13. The number of hydrogen-bond acceptors (Lipinski definition) is 4. The van der Waals surface area contributed by atoms with E-state index >= 15 is 0 Å². The first kappa shape index (κ1) is 13.1. The van der Waals surface area contributed by atoms with Crippen LogP contribution in [0.3, 0.4) is 0 Å². The number of nitrogens with zero attached hydrogens (tertiary/aromatic N) is 2. The molecule has 3 rings (SSSR count). The van der Waals surface area contributed by atoms with Crippen molar-refractivity contribution in [1.29, 1.82) is 0 Å². The standard InChI is InChI=1S/C16H14N4O/c1-10-8-14(12-4-2-3-5-13(12)19-10)20-16(21)11-6-7-18-15(17)9-11/h2-9H,1H3,(H2,17,18)(H,19,20,21). The van der Waals surface area contributed by atoms with E-state index in [-0.39, 0.29) is 5.91 Å². The maximum absolute atomic E-state index is 12.3. The lowest BCUT2D eigenvalue weighted by atomic mass is 10.1. The first-order chi connectivity index (χ1) is 10.1. The van der Waals surface area contributed by atoms with Crippen LogP contribution in [0, 0.1) is 6.92 Å². The number of carbonyl (C=O) groups excluding carboxylic acids is 1. The molecule has 21 heavy (non-hydrogen) atoms. The highest BCUT2D eigenvalue weighted by atomic mass is 16.1. The minimum atomic E-state index is -0.222. The molecule has 1 amide bonds. The molecule has 0 aliphatic heterocycles. The van der Waals surface area contributed by atoms with Crippen LogP contribution in [0.25, 0.3) is 10.9 Å². The third-order valence-corrected chi connectivity index (χ3v) is 3.14. The molecule has 0 aliphatic rings. The molecule has 0 atom stereocenters. The predicted octanol–water partition coefficient (Wildman–Crippen LogP) is 2.77. The van der Waals surface area contributed by atoms with Gasteiger partial charge in [-0.1, -0.05) is 18.2 Å². The van der Waals surface area contributed by atoms with Crippen LogP contribution in [-0.4, -0.2) is 15.9 Å². The summed E-state index contributed by atoms with van der Waals surface area (Å²) in [6.07, 6.45) is 1.51. The molecule has 0 spiro atoms. The molecule has 0 saturated heterocycles. The third kappa shape index (κ3) is 2.67. The molecule has 3 aromatic rings. The molecule has 2 aromatic heterocycles. The van der Waals surface area contributed by atoms with Crippen LogP contribution in [0.5, 0.6) is 0 Å². The quantitative estimate of drug-likeness (QED) is 0.755. The smallest absolute Gasteiger partial charge is 0.255 e. The fraction of sp³-hybridized carbons (Fsp3) is 0.0625. The molecular weight excluding hydrogens is 264 g/mol. The van der Waals surface area contributed by atoms with Gasteiger partial charge in [0.25, 0.3) is 5.91 Å². The Morgan fingerprint density at radius 2 is 2.00 bits per heavy atom. The first-order valence-corrected chi connectivity index (χ1v) is 6.53. The molecule has 104 valence electrons. The summed E-state index contributed by atoms with van der Waals surface area (Å²) < 4.78 is 0. The Morgan fingerprint density at radius 3 is 2.81 bits per heavy atom. The van der Waals surface area contributed by atoms with Crippen LogP contribution >= 0.6 is 0 Å². The van der Waals surface area contributed by atoms with Gasteiger partial charge in [-0.25, -0.2) is 4.98 Å². The van der Waals surface area contributed by atoms with Crippen molar-refractivity contribution in [3.8, 4) is 0 Å². The summed E-state index contributed by atoms with van der Waals surface area (Å²) in [5.74, 6) is 0.0956. The molecule has 5 nitrogen and oxygen atoms in total. The summed E-state index contributed by atoms with van der Waals surface area (Å²) in [6, 6.07) is 12.7. The lowest BCUT2D eigenvalue weighted by Gasteiger charge is -2.10. The minimum absolute atomic E-state index is 0.222. The molecular formula is C16H14N4O. The average Bonchev–Trinajstić information content (AvgIpc) is 2.47. The van der Waals surface area contributed by atoms with E-state index in [9.17, 15) is 4.79 Å². The number of para-hydroxylation sites is 1. The molecule has 1 aromatic carbocycles. The summed E-state index contributed by atoms with van der Waals surface area (Å²) in [5.41, 5.74) is 8.51. The van der Waals surface area contributed by atoms with Crippen molar-refractivity contribution in [3.63, 3.8) is 0 Å². The topological polar surface area (TPSA) is 80.9 Å². The van der Waals surface area contributed by atoms with Crippen molar-refractivity contribution in [1.82, 2.24) is 9.97 Å². The van der Waals surface area contributed by atoms with E-state index in [4.69, 9.17) is 5.73 Å². The zero-order valence-electron chi connectivity index (χ0n) is 11.5. The van der Waals surface area contributed by atoms with Crippen molar-refractivity contribution in [3.05, 3.63) is 59.9 Å². The average molecular weight is 278 g/mol. The zero-order chi connectivity index (χ0) is 14.8. The number of fused-ring (bicyclic) bond motifs is 1. The highest BCUT2D eigenvalue weighted by Crippen LogP contribution is 2.23. The number of aryl methyl sites for hydroxylation is 1. The second-order valence-corrected chi connectivity index (χ2v) is 4.75. The lowest BCUT2D eigenvalue weighted by molar-refractivity contribution is 0.102. The minimum Gasteiger partial charge on any atom is -0.384 e. The molecule has 3 N–H and O–H groups in total. The van der Waals surface area contributed by atoms with E-state index in [0.29, 0.717) is 11.4 Å². The number of anilines is 2. The zero-order valence-corrected chi connectivity index (χ0v) is 11.5.